The van der Waals surface area contributed by atoms with Gasteiger partial charge < -0.3 is 5.32 Å². The zero-order valence-corrected chi connectivity index (χ0v) is 14.2. The van der Waals surface area contributed by atoms with Gasteiger partial charge in [-0.1, -0.05) is 12.1 Å². The molecular weight excluding hydrogens is 320 g/mol. The van der Waals surface area contributed by atoms with Crippen LogP contribution in [0.2, 0.25) is 0 Å². The molecule has 0 aliphatic heterocycles. The molecule has 20 heavy (non-hydrogen) atoms. The van der Waals surface area contributed by atoms with Crippen LogP contribution in [0.25, 0.3) is 0 Å². The summed E-state index contributed by atoms with van der Waals surface area (Å²) in [5.74, 6) is 0. The van der Waals surface area contributed by atoms with Gasteiger partial charge in [0.15, 0.2) is 4.60 Å². The normalized spacial score (nSPS) is 12.9. The van der Waals surface area contributed by atoms with E-state index in [4.69, 9.17) is 0 Å². The highest BCUT2D eigenvalue weighted by Gasteiger charge is 2.26. The first-order valence-corrected chi connectivity index (χ1v) is 7.55. The summed E-state index contributed by atoms with van der Waals surface area (Å²) in [5, 5.41) is 16.3. The van der Waals surface area contributed by atoms with Crippen LogP contribution in [0, 0.1) is 13.8 Å². The molecule has 2 rings (SSSR count). The summed E-state index contributed by atoms with van der Waals surface area (Å²) in [6.07, 6.45) is 1.07. The number of rotatable bonds is 5. The second-order valence-electron chi connectivity index (χ2n) is 4.98. The van der Waals surface area contributed by atoms with Crippen LogP contribution in [0.4, 0.5) is 0 Å². The monoisotopic (exact) mass is 340 g/mol. The first-order valence-electron chi connectivity index (χ1n) is 6.75. The Morgan fingerprint density at radius 1 is 1.25 bits per heavy atom. The second-order valence-corrected chi connectivity index (χ2v) is 5.74. The van der Waals surface area contributed by atoms with E-state index in [2.05, 4.69) is 50.5 Å². The van der Waals surface area contributed by atoms with E-state index in [1.807, 2.05) is 30.4 Å². The average molecular weight is 341 g/mol. The summed E-state index contributed by atoms with van der Waals surface area (Å²) in [7, 11) is 3.88. The minimum atomic E-state index is 0.0398. The molecule has 7 heteroatoms. The predicted molar refractivity (Wildman–Crippen MR) is 81.5 cm³/mol. The van der Waals surface area contributed by atoms with E-state index in [-0.39, 0.29) is 6.04 Å². The Labute approximate surface area is 127 Å². The van der Waals surface area contributed by atoms with Crippen LogP contribution in [0.3, 0.4) is 0 Å². The molecule has 2 heterocycles. The molecule has 0 aromatic carbocycles. The smallest absolute Gasteiger partial charge is 0.153 e. The SMILES string of the molecule is CCCNC(c1c(C)nn(C)c1C)c1c(Br)nnn1C. The van der Waals surface area contributed by atoms with Crippen molar-refractivity contribution in [3.05, 3.63) is 27.2 Å². The third-order valence-corrected chi connectivity index (χ3v) is 4.12. The van der Waals surface area contributed by atoms with Crippen molar-refractivity contribution in [2.75, 3.05) is 6.54 Å². The summed E-state index contributed by atoms with van der Waals surface area (Å²) in [6, 6.07) is 0.0398. The maximum Gasteiger partial charge on any atom is 0.153 e. The lowest BCUT2D eigenvalue weighted by Crippen LogP contribution is -2.26. The first kappa shape index (κ1) is 15.2. The van der Waals surface area contributed by atoms with Gasteiger partial charge in [-0.15, -0.1) is 5.10 Å². The zero-order valence-electron chi connectivity index (χ0n) is 12.6. The molecular formula is C13H21BrN6. The summed E-state index contributed by atoms with van der Waals surface area (Å²) in [5.41, 5.74) is 4.42. The number of nitrogens with zero attached hydrogens (tertiary/aromatic N) is 5. The minimum absolute atomic E-state index is 0.0398. The zero-order chi connectivity index (χ0) is 14.9. The lowest BCUT2D eigenvalue weighted by Gasteiger charge is -2.19. The van der Waals surface area contributed by atoms with Crippen molar-refractivity contribution in [3.63, 3.8) is 0 Å². The van der Waals surface area contributed by atoms with Crippen molar-refractivity contribution in [3.8, 4) is 0 Å². The Hall–Kier alpha value is -1.21. The van der Waals surface area contributed by atoms with Crippen molar-refractivity contribution in [2.24, 2.45) is 14.1 Å². The highest BCUT2D eigenvalue weighted by Crippen LogP contribution is 2.30. The van der Waals surface area contributed by atoms with Gasteiger partial charge in [0, 0.05) is 25.4 Å². The van der Waals surface area contributed by atoms with E-state index in [1.54, 1.807) is 0 Å². The van der Waals surface area contributed by atoms with Gasteiger partial charge in [0.25, 0.3) is 0 Å². The lowest BCUT2D eigenvalue weighted by molar-refractivity contribution is 0.545. The van der Waals surface area contributed by atoms with Gasteiger partial charge in [0.2, 0.25) is 0 Å². The Kier molecular flexibility index (Phi) is 4.59. The number of hydrogen-bond acceptors (Lipinski definition) is 4. The highest BCUT2D eigenvalue weighted by molar-refractivity contribution is 9.10. The van der Waals surface area contributed by atoms with Gasteiger partial charge in [-0.3, -0.25) is 4.68 Å². The molecule has 0 spiro atoms. The molecule has 1 unspecified atom stereocenters. The Morgan fingerprint density at radius 3 is 2.40 bits per heavy atom. The van der Waals surface area contributed by atoms with Crippen LogP contribution in [0.15, 0.2) is 4.60 Å². The molecule has 0 aliphatic rings. The molecule has 0 saturated carbocycles. The van der Waals surface area contributed by atoms with E-state index in [1.165, 1.54) is 5.56 Å². The fourth-order valence-electron chi connectivity index (χ4n) is 2.48. The molecule has 110 valence electrons. The van der Waals surface area contributed by atoms with Crippen molar-refractivity contribution >= 4 is 15.9 Å². The van der Waals surface area contributed by atoms with Gasteiger partial charge in [-0.25, -0.2) is 4.68 Å². The Morgan fingerprint density at radius 2 is 1.95 bits per heavy atom. The molecule has 0 fully saturated rings. The van der Waals surface area contributed by atoms with Gasteiger partial charge >= 0.3 is 0 Å². The van der Waals surface area contributed by atoms with Crippen LogP contribution in [0.1, 0.15) is 42.0 Å². The number of nitrogens with one attached hydrogen (secondary N) is 1. The maximum atomic E-state index is 4.52. The predicted octanol–water partition coefficient (Wildman–Crippen LogP) is 2.02. The molecule has 0 aliphatic carbocycles. The Bertz CT molecular complexity index is 581. The number of aromatic nitrogens is 5. The average Bonchev–Trinajstić information content (AvgIpc) is 2.85. The van der Waals surface area contributed by atoms with Crippen molar-refractivity contribution < 1.29 is 0 Å². The van der Waals surface area contributed by atoms with Crippen molar-refractivity contribution in [1.29, 1.82) is 0 Å². The van der Waals surface area contributed by atoms with Crippen LogP contribution in [-0.2, 0) is 14.1 Å². The van der Waals surface area contributed by atoms with Crippen LogP contribution < -0.4 is 5.32 Å². The second kappa shape index (κ2) is 6.05. The molecule has 0 bridgehead atoms. The third kappa shape index (κ3) is 2.64. The topological polar surface area (TPSA) is 60.6 Å². The summed E-state index contributed by atoms with van der Waals surface area (Å²) in [4.78, 5) is 0. The molecule has 0 saturated heterocycles. The standard InChI is InChI=1S/C13H21BrN6/c1-6-7-15-11(12-13(14)16-18-20(12)5)10-8(2)17-19(4)9(10)3/h11,15H,6-7H2,1-5H3. The van der Waals surface area contributed by atoms with Gasteiger partial charge in [0.1, 0.15) is 0 Å². The molecule has 1 N–H and O–H groups in total. The van der Waals surface area contributed by atoms with Gasteiger partial charge in [0.05, 0.1) is 17.4 Å². The van der Waals surface area contributed by atoms with Crippen LogP contribution in [0.5, 0.6) is 0 Å². The third-order valence-electron chi connectivity index (χ3n) is 3.55. The van der Waals surface area contributed by atoms with E-state index in [0.29, 0.717) is 0 Å². The molecule has 0 radical (unpaired) electrons. The van der Waals surface area contributed by atoms with Crippen molar-refractivity contribution in [1.82, 2.24) is 30.1 Å². The number of hydrogen-bond donors (Lipinski definition) is 1. The molecule has 6 nitrogen and oxygen atoms in total. The summed E-state index contributed by atoms with van der Waals surface area (Å²) in [6.45, 7) is 7.22. The van der Waals surface area contributed by atoms with Crippen molar-refractivity contribution in [2.45, 2.75) is 33.2 Å². The Balaban J connectivity index is 2.53. The number of halogens is 1. The van der Waals surface area contributed by atoms with Gasteiger partial charge in [-0.2, -0.15) is 5.10 Å². The lowest BCUT2D eigenvalue weighted by atomic mass is 10.0. The summed E-state index contributed by atoms with van der Waals surface area (Å²) < 4.78 is 4.50. The molecule has 2 aromatic heterocycles. The van der Waals surface area contributed by atoms with E-state index >= 15 is 0 Å². The quantitative estimate of drug-likeness (QED) is 0.904. The van der Waals surface area contributed by atoms with E-state index in [9.17, 15) is 0 Å². The van der Waals surface area contributed by atoms with Crippen LogP contribution in [-0.4, -0.2) is 31.3 Å². The minimum Gasteiger partial charge on any atom is -0.305 e. The van der Waals surface area contributed by atoms with Gasteiger partial charge in [-0.05, 0) is 42.7 Å². The number of aryl methyl sites for hydroxylation is 3. The fourth-order valence-corrected chi connectivity index (χ4v) is 3.03. The highest BCUT2D eigenvalue weighted by atomic mass is 79.9. The maximum absolute atomic E-state index is 4.52. The van der Waals surface area contributed by atoms with E-state index < -0.39 is 0 Å². The largest absolute Gasteiger partial charge is 0.305 e. The fraction of sp³-hybridized carbons (Fsp3) is 0.615. The molecule has 1 atom stereocenters. The van der Waals surface area contributed by atoms with Crippen LogP contribution >= 0.6 is 15.9 Å². The summed E-state index contributed by atoms with van der Waals surface area (Å²) >= 11 is 3.50. The van der Waals surface area contributed by atoms with E-state index in [0.717, 1.165) is 34.7 Å². The molecule has 0 amide bonds. The molecule has 2 aromatic rings. The first-order chi connectivity index (χ1) is 9.47.